The Morgan fingerprint density at radius 1 is 1.23 bits per heavy atom. The number of nitrogens with one attached hydrogen (secondary N) is 1. The Labute approximate surface area is 133 Å². The maximum atomic E-state index is 11.9. The predicted octanol–water partition coefficient (Wildman–Crippen LogP) is 3.40. The largest absolute Gasteiger partial charge is 0.493 e. The molecule has 5 nitrogen and oxygen atoms in total. The lowest BCUT2D eigenvalue weighted by molar-refractivity contribution is -0.111. The number of halogens is 1. The minimum absolute atomic E-state index is 0.246. The lowest BCUT2D eigenvalue weighted by Crippen LogP contribution is -2.08. The fourth-order valence-electron chi connectivity index (χ4n) is 1.78. The molecule has 0 aliphatic carbocycles. The van der Waals surface area contributed by atoms with E-state index < -0.39 is 0 Å². The number of carbonyl (C=O) groups excluding carboxylic acids is 1. The molecule has 0 unspecified atom stereocenters. The van der Waals surface area contributed by atoms with Gasteiger partial charge in [-0.1, -0.05) is 17.7 Å². The third kappa shape index (κ3) is 3.99. The number of aromatic nitrogens is 1. The first kappa shape index (κ1) is 15.9. The van der Waals surface area contributed by atoms with Crippen LogP contribution < -0.4 is 14.8 Å². The van der Waals surface area contributed by atoms with E-state index in [0.29, 0.717) is 17.2 Å². The Morgan fingerprint density at radius 2 is 2.00 bits per heavy atom. The van der Waals surface area contributed by atoms with Gasteiger partial charge >= 0.3 is 0 Å². The van der Waals surface area contributed by atoms with Gasteiger partial charge in [-0.3, -0.25) is 4.79 Å². The van der Waals surface area contributed by atoms with Crippen molar-refractivity contribution in [2.24, 2.45) is 0 Å². The smallest absolute Gasteiger partial charge is 0.248 e. The molecule has 1 heterocycles. The fourth-order valence-corrected chi connectivity index (χ4v) is 1.95. The summed E-state index contributed by atoms with van der Waals surface area (Å²) in [5.41, 5.74) is 1.27. The van der Waals surface area contributed by atoms with Crippen molar-refractivity contribution in [2.75, 3.05) is 19.5 Å². The van der Waals surface area contributed by atoms with Gasteiger partial charge in [-0.2, -0.15) is 0 Å². The maximum Gasteiger partial charge on any atom is 0.248 e. The molecule has 2 aromatic rings. The number of carbonyl (C=O) groups is 1. The zero-order chi connectivity index (χ0) is 15.9. The minimum Gasteiger partial charge on any atom is -0.493 e. The summed E-state index contributed by atoms with van der Waals surface area (Å²) in [7, 11) is 3.13. The van der Waals surface area contributed by atoms with Gasteiger partial charge in [-0.15, -0.1) is 0 Å². The van der Waals surface area contributed by atoms with Crippen LogP contribution in [0.4, 0.5) is 5.69 Å². The zero-order valence-electron chi connectivity index (χ0n) is 12.2. The molecule has 114 valence electrons. The topological polar surface area (TPSA) is 60.5 Å². The van der Waals surface area contributed by atoms with Crippen molar-refractivity contribution in [3.05, 3.63) is 53.3 Å². The van der Waals surface area contributed by atoms with Crippen LogP contribution in [0.1, 0.15) is 5.56 Å². The molecule has 1 amide bonds. The van der Waals surface area contributed by atoms with Crippen LogP contribution in [0.15, 0.2) is 42.6 Å². The molecule has 0 aliphatic heterocycles. The van der Waals surface area contributed by atoms with Gasteiger partial charge in [0.1, 0.15) is 0 Å². The molecule has 0 radical (unpaired) electrons. The van der Waals surface area contributed by atoms with Gasteiger partial charge in [0.15, 0.2) is 16.7 Å². The van der Waals surface area contributed by atoms with Gasteiger partial charge in [-0.05, 0) is 35.9 Å². The van der Waals surface area contributed by atoms with Gasteiger partial charge in [0, 0.05) is 12.3 Å². The second-order valence-electron chi connectivity index (χ2n) is 4.28. The summed E-state index contributed by atoms with van der Waals surface area (Å²) < 4.78 is 10.4. The first-order valence-electron chi connectivity index (χ1n) is 6.45. The van der Waals surface area contributed by atoms with Crippen LogP contribution in [0, 0.1) is 0 Å². The molecule has 0 saturated heterocycles. The van der Waals surface area contributed by atoms with Crippen LogP contribution in [-0.2, 0) is 4.79 Å². The molecule has 1 aromatic heterocycles. The molecule has 0 atom stereocenters. The fraction of sp³-hybridized carbons (Fsp3) is 0.125. The SMILES string of the molecule is COc1ccc(/C=C/C(=O)Nc2cccnc2Cl)cc1OC. The van der Waals surface area contributed by atoms with Crippen molar-refractivity contribution in [1.82, 2.24) is 4.98 Å². The molecule has 22 heavy (non-hydrogen) atoms. The van der Waals surface area contributed by atoms with E-state index >= 15 is 0 Å². The first-order chi connectivity index (χ1) is 10.6. The lowest BCUT2D eigenvalue weighted by Gasteiger charge is -2.07. The molecule has 1 N–H and O–H groups in total. The second-order valence-corrected chi connectivity index (χ2v) is 4.64. The second kappa shape index (κ2) is 7.47. The monoisotopic (exact) mass is 318 g/mol. The van der Waals surface area contributed by atoms with E-state index in [1.54, 1.807) is 50.8 Å². The molecule has 6 heteroatoms. The number of anilines is 1. The van der Waals surface area contributed by atoms with Crippen molar-refractivity contribution in [2.45, 2.75) is 0 Å². The highest BCUT2D eigenvalue weighted by Gasteiger charge is 2.05. The van der Waals surface area contributed by atoms with Gasteiger partial charge in [0.05, 0.1) is 19.9 Å². The highest BCUT2D eigenvalue weighted by atomic mass is 35.5. The van der Waals surface area contributed by atoms with Crippen molar-refractivity contribution < 1.29 is 14.3 Å². The molecule has 1 aromatic carbocycles. The standard InChI is InChI=1S/C16H15ClN2O3/c1-21-13-7-5-11(10-14(13)22-2)6-8-15(20)19-12-4-3-9-18-16(12)17/h3-10H,1-2H3,(H,19,20)/b8-6+. The van der Waals surface area contributed by atoms with Gasteiger partial charge < -0.3 is 14.8 Å². The van der Waals surface area contributed by atoms with Crippen LogP contribution in [0.25, 0.3) is 6.08 Å². The summed E-state index contributed by atoms with van der Waals surface area (Å²) in [6.07, 6.45) is 4.63. The van der Waals surface area contributed by atoms with E-state index in [1.165, 1.54) is 6.08 Å². The number of hydrogen-bond donors (Lipinski definition) is 1. The van der Waals surface area contributed by atoms with Gasteiger partial charge in [-0.25, -0.2) is 4.98 Å². The van der Waals surface area contributed by atoms with E-state index in [9.17, 15) is 4.79 Å². The van der Waals surface area contributed by atoms with E-state index in [4.69, 9.17) is 21.1 Å². The molecule has 0 saturated carbocycles. The summed E-state index contributed by atoms with van der Waals surface area (Å²) in [5, 5.41) is 2.90. The molecular weight excluding hydrogens is 304 g/mol. The van der Waals surface area contributed by atoms with Crippen LogP contribution >= 0.6 is 11.6 Å². The number of ether oxygens (including phenoxy) is 2. The van der Waals surface area contributed by atoms with Crippen LogP contribution in [0.5, 0.6) is 11.5 Å². The minimum atomic E-state index is -0.301. The number of benzene rings is 1. The van der Waals surface area contributed by atoms with E-state index in [-0.39, 0.29) is 11.1 Å². The first-order valence-corrected chi connectivity index (χ1v) is 6.83. The number of pyridine rings is 1. The maximum absolute atomic E-state index is 11.9. The average Bonchev–Trinajstić information content (AvgIpc) is 2.54. The Hall–Kier alpha value is -2.53. The normalized spacial score (nSPS) is 10.5. The van der Waals surface area contributed by atoms with Crippen molar-refractivity contribution >= 4 is 29.3 Å². The summed E-state index contributed by atoms with van der Waals surface area (Å²) in [5.74, 6) is 0.927. The van der Waals surface area contributed by atoms with E-state index in [1.807, 2.05) is 6.07 Å². The van der Waals surface area contributed by atoms with Gasteiger partial charge in [0.25, 0.3) is 0 Å². The Morgan fingerprint density at radius 3 is 2.68 bits per heavy atom. The molecule has 0 fully saturated rings. The molecular formula is C16H15ClN2O3. The molecule has 2 rings (SSSR count). The molecule has 0 spiro atoms. The van der Waals surface area contributed by atoms with Crippen LogP contribution in [-0.4, -0.2) is 25.1 Å². The van der Waals surface area contributed by atoms with Crippen LogP contribution in [0.3, 0.4) is 0 Å². The van der Waals surface area contributed by atoms with Crippen molar-refractivity contribution in [1.29, 1.82) is 0 Å². The average molecular weight is 319 g/mol. The number of amides is 1. The third-order valence-electron chi connectivity index (χ3n) is 2.85. The number of hydrogen-bond acceptors (Lipinski definition) is 4. The van der Waals surface area contributed by atoms with Gasteiger partial charge in [0.2, 0.25) is 5.91 Å². The zero-order valence-corrected chi connectivity index (χ0v) is 12.9. The molecule has 0 bridgehead atoms. The number of methoxy groups -OCH3 is 2. The molecule has 0 aliphatic rings. The highest BCUT2D eigenvalue weighted by Crippen LogP contribution is 2.28. The predicted molar refractivity (Wildman–Crippen MR) is 86.5 cm³/mol. The van der Waals surface area contributed by atoms with E-state index in [2.05, 4.69) is 10.3 Å². The summed E-state index contributed by atoms with van der Waals surface area (Å²) in [4.78, 5) is 15.8. The van der Waals surface area contributed by atoms with Crippen molar-refractivity contribution in [3.8, 4) is 11.5 Å². The Bertz CT molecular complexity index is 702. The lowest BCUT2D eigenvalue weighted by atomic mass is 10.2. The Kier molecular flexibility index (Phi) is 5.38. The number of rotatable bonds is 5. The summed E-state index contributed by atoms with van der Waals surface area (Å²) in [6.45, 7) is 0. The Balaban J connectivity index is 2.08. The van der Waals surface area contributed by atoms with Crippen LogP contribution in [0.2, 0.25) is 5.15 Å². The number of nitrogens with zero attached hydrogens (tertiary/aromatic N) is 1. The summed E-state index contributed by atoms with van der Waals surface area (Å²) in [6, 6.07) is 8.74. The van der Waals surface area contributed by atoms with Crippen molar-refractivity contribution in [3.63, 3.8) is 0 Å². The summed E-state index contributed by atoms with van der Waals surface area (Å²) >= 11 is 5.88. The third-order valence-corrected chi connectivity index (χ3v) is 3.15. The van der Waals surface area contributed by atoms with E-state index in [0.717, 1.165) is 5.56 Å². The quantitative estimate of drug-likeness (QED) is 0.678. The highest BCUT2D eigenvalue weighted by molar-refractivity contribution is 6.32.